The minimum absolute atomic E-state index is 0.0641. The van der Waals surface area contributed by atoms with Gasteiger partial charge in [0.2, 0.25) is 0 Å². The van der Waals surface area contributed by atoms with Crippen molar-refractivity contribution in [1.29, 1.82) is 0 Å². The van der Waals surface area contributed by atoms with Gasteiger partial charge in [-0.1, -0.05) is 60.7 Å². The van der Waals surface area contributed by atoms with Gasteiger partial charge in [0.1, 0.15) is 6.23 Å². The van der Waals surface area contributed by atoms with Gasteiger partial charge in [-0.2, -0.15) is 0 Å². The van der Waals surface area contributed by atoms with Gasteiger partial charge in [-0.25, -0.2) is 19.3 Å². The molecule has 1 fully saturated rings. The second kappa shape index (κ2) is 7.90. The Balaban J connectivity index is 1.82. The molecule has 2 aromatic heterocycles. The zero-order valence-electron chi connectivity index (χ0n) is 16.6. The summed E-state index contributed by atoms with van der Waals surface area (Å²) in [6.07, 6.45) is 0.137. The van der Waals surface area contributed by atoms with E-state index >= 15 is 0 Å². The molecule has 2 aromatic carbocycles. The van der Waals surface area contributed by atoms with Gasteiger partial charge < -0.3 is 9.84 Å². The van der Waals surface area contributed by atoms with E-state index in [9.17, 15) is 14.7 Å². The van der Waals surface area contributed by atoms with Gasteiger partial charge in [0, 0.05) is 11.1 Å². The number of ether oxygens (including phenoxy) is 1. The molecular weight excluding hydrogens is 396 g/mol. The largest absolute Gasteiger partial charge is 0.394 e. The summed E-state index contributed by atoms with van der Waals surface area (Å²) < 4.78 is 7.14. The van der Waals surface area contributed by atoms with Crippen LogP contribution in [0.5, 0.6) is 0 Å². The van der Waals surface area contributed by atoms with Gasteiger partial charge in [0.25, 0.3) is 5.56 Å². The zero-order valence-corrected chi connectivity index (χ0v) is 16.6. The van der Waals surface area contributed by atoms with Gasteiger partial charge in [-0.15, -0.1) is 0 Å². The van der Waals surface area contributed by atoms with Crippen LogP contribution < -0.4 is 11.2 Å². The second-order valence-corrected chi connectivity index (χ2v) is 7.43. The minimum Gasteiger partial charge on any atom is -0.394 e. The average molecular weight is 416 g/mol. The maximum Gasteiger partial charge on any atom is 0.332 e. The smallest absolute Gasteiger partial charge is 0.332 e. The van der Waals surface area contributed by atoms with Crippen molar-refractivity contribution in [3.8, 4) is 22.5 Å². The quantitative estimate of drug-likeness (QED) is 0.529. The van der Waals surface area contributed by atoms with E-state index in [-0.39, 0.29) is 23.9 Å². The van der Waals surface area contributed by atoms with Crippen LogP contribution in [0.15, 0.2) is 70.3 Å². The zero-order chi connectivity index (χ0) is 21.4. The highest BCUT2D eigenvalue weighted by atomic mass is 16.5. The van der Waals surface area contributed by atoms with Gasteiger partial charge in [0.15, 0.2) is 11.2 Å². The molecule has 0 amide bonds. The lowest BCUT2D eigenvalue weighted by Crippen LogP contribution is -2.34. The number of benzene rings is 2. The molecule has 0 radical (unpaired) electrons. The van der Waals surface area contributed by atoms with Crippen molar-refractivity contribution in [3.05, 3.63) is 81.5 Å². The highest BCUT2D eigenvalue weighted by Gasteiger charge is 2.29. The van der Waals surface area contributed by atoms with E-state index in [0.29, 0.717) is 24.2 Å². The molecule has 8 heteroatoms. The molecule has 0 unspecified atom stereocenters. The number of fused-ring (bicyclic) bond motifs is 1. The fourth-order valence-electron chi connectivity index (χ4n) is 3.93. The molecule has 5 rings (SSSR count). The van der Waals surface area contributed by atoms with Crippen LogP contribution in [0.2, 0.25) is 0 Å². The molecule has 31 heavy (non-hydrogen) atoms. The number of nitrogens with zero attached hydrogens (tertiary/aromatic N) is 3. The maximum atomic E-state index is 12.7. The van der Waals surface area contributed by atoms with Crippen LogP contribution in [-0.4, -0.2) is 37.3 Å². The molecule has 4 aromatic rings. The first-order valence-electron chi connectivity index (χ1n) is 10.1. The highest BCUT2D eigenvalue weighted by molar-refractivity contribution is 5.84. The molecule has 8 nitrogen and oxygen atoms in total. The third-order valence-electron chi connectivity index (χ3n) is 5.43. The molecule has 156 valence electrons. The van der Waals surface area contributed by atoms with Crippen molar-refractivity contribution in [2.24, 2.45) is 0 Å². The first-order chi connectivity index (χ1) is 15.2. The molecule has 0 bridgehead atoms. The molecule has 1 aliphatic rings. The summed E-state index contributed by atoms with van der Waals surface area (Å²) in [5.41, 5.74) is 1.76. The molecular formula is C23H20N4O4. The van der Waals surface area contributed by atoms with Crippen molar-refractivity contribution < 1.29 is 9.84 Å². The predicted molar refractivity (Wildman–Crippen MR) is 116 cm³/mol. The highest BCUT2D eigenvalue weighted by Crippen LogP contribution is 2.32. The number of hydrogen-bond donors (Lipinski definition) is 2. The van der Waals surface area contributed by atoms with Crippen molar-refractivity contribution >= 4 is 11.2 Å². The SMILES string of the molecule is O=c1[nH]c(=O)n([C@H]2CC[C@@H](CO)O2)c2nc(-c3ccccc3)c(-c3ccccc3)nc12. The number of nitrogens with one attached hydrogen (secondary N) is 1. The summed E-state index contributed by atoms with van der Waals surface area (Å²) in [4.78, 5) is 37.2. The first-order valence-corrected chi connectivity index (χ1v) is 10.1. The Bertz CT molecular complexity index is 1350. The summed E-state index contributed by atoms with van der Waals surface area (Å²) in [5, 5.41) is 9.41. The second-order valence-electron chi connectivity index (χ2n) is 7.43. The summed E-state index contributed by atoms with van der Waals surface area (Å²) in [5.74, 6) is 0. The molecule has 1 saturated heterocycles. The first kappa shape index (κ1) is 19.3. The Morgan fingerprint density at radius 1 is 0.935 bits per heavy atom. The standard InChI is InChI=1S/C23H20N4O4/c28-13-16-11-12-17(31-16)27-21-20(22(29)26-23(27)30)24-18(14-7-3-1-4-8-14)19(25-21)15-9-5-2-6-10-15/h1-10,16-17,28H,11-13H2,(H,26,29,30)/t16-,17+/m0/s1. The Hall–Kier alpha value is -3.62. The Kier molecular flexibility index (Phi) is 4.93. The molecule has 0 spiro atoms. The average Bonchev–Trinajstić information content (AvgIpc) is 3.28. The third kappa shape index (κ3) is 3.45. The van der Waals surface area contributed by atoms with Gasteiger partial charge in [0.05, 0.1) is 24.1 Å². The number of aromatic amines is 1. The molecule has 0 saturated carbocycles. The lowest BCUT2D eigenvalue weighted by molar-refractivity contribution is -0.0226. The number of rotatable bonds is 4. The van der Waals surface area contributed by atoms with E-state index in [0.717, 1.165) is 11.1 Å². The number of hydrogen-bond acceptors (Lipinski definition) is 6. The Morgan fingerprint density at radius 2 is 1.55 bits per heavy atom. The van der Waals surface area contributed by atoms with E-state index < -0.39 is 17.5 Å². The van der Waals surface area contributed by atoms with Crippen LogP contribution >= 0.6 is 0 Å². The fourth-order valence-corrected chi connectivity index (χ4v) is 3.93. The molecule has 1 aliphatic heterocycles. The van der Waals surface area contributed by atoms with Crippen LogP contribution in [0.3, 0.4) is 0 Å². The van der Waals surface area contributed by atoms with Gasteiger partial charge in [-0.05, 0) is 12.8 Å². The lowest BCUT2D eigenvalue weighted by Gasteiger charge is -2.18. The van der Waals surface area contributed by atoms with Crippen LogP contribution in [0.4, 0.5) is 0 Å². The van der Waals surface area contributed by atoms with Crippen LogP contribution in [0.1, 0.15) is 19.1 Å². The van der Waals surface area contributed by atoms with Crippen molar-refractivity contribution in [2.45, 2.75) is 25.2 Å². The minimum atomic E-state index is -0.635. The van der Waals surface area contributed by atoms with Gasteiger partial charge >= 0.3 is 5.69 Å². The lowest BCUT2D eigenvalue weighted by atomic mass is 10.0. The van der Waals surface area contributed by atoms with Gasteiger partial charge in [-0.3, -0.25) is 9.78 Å². The number of aromatic nitrogens is 4. The monoisotopic (exact) mass is 416 g/mol. The van der Waals surface area contributed by atoms with Crippen molar-refractivity contribution in [1.82, 2.24) is 19.5 Å². The summed E-state index contributed by atoms with van der Waals surface area (Å²) in [7, 11) is 0. The van der Waals surface area contributed by atoms with E-state index in [1.165, 1.54) is 4.57 Å². The topological polar surface area (TPSA) is 110 Å². The Labute approximate surface area is 176 Å². The molecule has 3 heterocycles. The Morgan fingerprint density at radius 3 is 2.13 bits per heavy atom. The number of H-pyrrole nitrogens is 1. The van der Waals surface area contributed by atoms with Crippen LogP contribution in [-0.2, 0) is 4.74 Å². The van der Waals surface area contributed by atoms with Crippen molar-refractivity contribution in [2.75, 3.05) is 6.61 Å². The molecule has 2 N–H and O–H groups in total. The third-order valence-corrected chi connectivity index (χ3v) is 5.43. The van der Waals surface area contributed by atoms with Crippen LogP contribution in [0.25, 0.3) is 33.7 Å². The summed E-state index contributed by atoms with van der Waals surface area (Å²) in [6, 6.07) is 19.0. The molecule has 2 atom stereocenters. The maximum absolute atomic E-state index is 12.7. The van der Waals surface area contributed by atoms with E-state index in [1.807, 2.05) is 60.7 Å². The van der Waals surface area contributed by atoms with E-state index in [1.54, 1.807) is 0 Å². The summed E-state index contributed by atoms with van der Waals surface area (Å²) >= 11 is 0. The van der Waals surface area contributed by atoms with Crippen LogP contribution in [0, 0.1) is 0 Å². The normalized spacial score (nSPS) is 18.5. The predicted octanol–water partition coefficient (Wildman–Crippen LogP) is 2.48. The number of aliphatic hydroxyl groups excluding tert-OH is 1. The number of aliphatic hydroxyl groups is 1. The van der Waals surface area contributed by atoms with E-state index in [2.05, 4.69) is 9.97 Å². The molecule has 0 aliphatic carbocycles. The van der Waals surface area contributed by atoms with Crippen molar-refractivity contribution in [3.63, 3.8) is 0 Å². The van der Waals surface area contributed by atoms with E-state index in [4.69, 9.17) is 9.72 Å². The fraction of sp³-hybridized carbons (Fsp3) is 0.217. The summed E-state index contributed by atoms with van der Waals surface area (Å²) in [6.45, 7) is -0.133.